The van der Waals surface area contributed by atoms with Gasteiger partial charge in [-0.25, -0.2) is 4.68 Å². The molecule has 27 heavy (non-hydrogen) atoms. The van der Waals surface area contributed by atoms with Crippen LogP contribution in [-0.2, 0) is 11.2 Å². The number of nitrogens with one attached hydrogen (secondary N) is 1. The third-order valence-electron chi connectivity index (χ3n) is 5.10. The third-order valence-corrected chi connectivity index (χ3v) is 5.10. The number of anilines is 2. The molecule has 5 heteroatoms. The Bertz CT molecular complexity index is 962. The quantitative estimate of drug-likeness (QED) is 0.768. The number of hydrogen-bond donors (Lipinski definition) is 1. The van der Waals surface area contributed by atoms with E-state index in [0.717, 1.165) is 42.1 Å². The van der Waals surface area contributed by atoms with Crippen LogP contribution in [0.25, 0.3) is 5.69 Å². The van der Waals surface area contributed by atoms with Crippen molar-refractivity contribution in [1.82, 2.24) is 9.78 Å². The average molecular weight is 360 g/mol. The number of hydrogen-bond acceptors (Lipinski definition) is 3. The molecule has 0 atom stereocenters. The molecule has 0 saturated heterocycles. The molecule has 1 aliphatic rings. The summed E-state index contributed by atoms with van der Waals surface area (Å²) < 4.78 is 1.88. The molecule has 0 bridgehead atoms. The highest BCUT2D eigenvalue weighted by Gasteiger charge is 2.20. The molecule has 4 rings (SSSR count). The zero-order valence-electron chi connectivity index (χ0n) is 15.8. The maximum absolute atomic E-state index is 12.8. The van der Waals surface area contributed by atoms with E-state index in [1.807, 2.05) is 54.9 Å². The summed E-state index contributed by atoms with van der Waals surface area (Å²) in [5.74, 6) is -0.00878. The minimum atomic E-state index is -0.00878. The second kappa shape index (κ2) is 7.27. The fourth-order valence-electron chi connectivity index (χ4n) is 3.77. The first-order valence-corrected chi connectivity index (χ1v) is 9.38. The molecule has 5 nitrogen and oxygen atoms in total. The van der Waals surface area contributed by atoms with Crippen molar-refractivity contribution in [2.45, 2.75) is 26.7 Å². The van der Waals surface area contributed by atoms with Crippen LogP contribution >= 0.6 is 0 Å². The molecule has 0 radical (unpaired) electrons. The topological polar surface area (TPSA) is 50.2 Å². The summed E-state index contributed by atoms with van der Waals surface area (Å²) in [6.07, 6.45) is 2.16. The number of rotatable bonds is 4. The summed E-state index contributed by atoms with van der Waals surface area (Å²) in [6, 6.07) is 18.3. The van der Waals surface area contributed by atoms with Crippen molar-refractivity contribution in [2.75, 3.05) is 23.3 Å². The molecule has 0 fully saturated rings. The van der Waals surface area contributed by atoms with Gasteiger partial charge in [-0.15, -0.1) is 0 Å². The van der Waals surface area contributed by atoms with E-state index < -0.39 is 0 Å². The normalized spacial score (nSPS) is 13.3. The van der Waals surface area contributed by atoms with Gasteiger partial charge >= 0.3 is 0 Å². The van der Waals surface area contributed by atoms with Gasteiger partial charge in [-0.2, -0.15) is 5.10 Å². The molecule has 2 aromatic carbocycles. The van der Waals surface area contributed by atoms with Crippen molar-refractivity contribution >= 4 is 17.3 Å². The lowest BCUT2D eigenvalue weighted by Crippen LogP contribution is -2.36. The second-order valence-corrected chi connectivity index (χ2v) is 7.00. The highest BCUT2D eigenvalue weighted by molar-refractivity contribution is 5.95. The minimum Gasteiger partial charge on any atom is -0.362 e. The first kappa shape index (κ1) is 17.3. The summed E-state index contributed by atoms with van der Waals surface area (Å²) in [4.78, 5) is 14.9. The van der Waals surface area contributed by atoms with Gasteiger partial charge in [0.1, 0.15) is 0 Å². The number of aromatic nitrogens is 2. The first-order valence-electron chi connectivity index (χ1n) is 9.38. The van der Waals surface area contributed by atoms with Gasteiger partial charge < -0.3 is 10.2 Å². The molecule has 0 aliphatic carbocycles. The van der Waals surface area contributed by atoms with E-state index in [1.165, 1.54) is 11.3 Å². The lowest BCUT2D eigenvalue weighted by Gasteiger charge is -2.30. The molecule has 3 aromatic rings. The number of para-hydroxylation sites is 2. The molecule has 0 unspecified atom stereocenters. The van der Waals surface area contributed by atoms with Crippen LogP contribution < -0.4 is 10.2 Å². The van der Waals surface area contributed by atoms with Crippen molar-refractivity contribution in [3.8, 4) is 5.69 Å². The van der Waals surface area contributed by atoms with Gasteiger partial charge in [0.25, 0.3) is 0 Å². The number of carbonyl (C=O) groups is 1. The van der Waals surface area contributed by atoms with Gasteiger partial charge in [0.2, 0.25) is 5.91 Å². The fourth-order valence-corrected chi connectivity index (χ4v) is 3.77. The molecule has 138 valence electrons. The maximum atomic E-state index is 12.8. The van der Waals surface area contributed by atoms with Crippen LogP contribution in [0, 0.1) is 13.8 Å². The predicted molar refractivity (Wildman–Crippen MR) is 109 cm³/mol. The van der Waals surface area contributed by atoms with E-state index in [0.29, 0.717) is 6.54 Å². The first-order chi connectivity index (χ1) is 13.1. The summed E-state index contributed by atoms with van der Waals surface area (Å²) in [6.45, 7) is 5.18. The lowest BCUT2D eigenvalue weighted by atomic mass is 10.0. The average Bonchev–Trinajstić information content (AvgIpc) is 2.97. The number of carbonyl (C=O) groups excluding carboxylic acids is 1. The monoisotopic (exact) mass is 360 g/mol. The van der Waals surface area contributed by atoms with Gasteiger partial charge in [0.05, 0.1) is 29.3 Å². The Labute approximate surface area is 159 Å². The number of nitrogens with zero attached hydrogens (tertiary/aromatic N) is 3. The largest absolute Gasteiger partial charge is 0.362 e. The van der Waals surface area contributed by atoms with Crippen molar-refractivity contribution in [3.63, 3.8) is 0 Å². The van der Waals surface area contributed by atoms with Crippen LogP contribution in [0.4, 0.5) is 11.4 Å². The Morgan fingerprint density at radius 2 is 1.81 bits per heavy atom. The molecular weight excluding hydrogens is 336 g/mol. The third kappa shape index (κ3) is 3.45. The summed E-state index contributed by atoms with van der Waals surface area (Å²) in [7, 11) is 0. The predicted octanol–water partition coefficient (Wildman–Crippen LogP) is 3.88. The van der Waals surface area contributed by atoms with E-state index in [9.17, 15) is 4.79 Å². The van der Waals surface area contributed by atoms with Gasteiger partial charge in [0.15, 0.2) is 0 Å². The fraction of sp³-hybridized carbons (Fsp3) is 0.273. The molecule has 1 amide bonds. The highest BCUT2D eigenvalue weighted by Crippen LogP contribution is 2.27. The highest BCUT2D eigenvalue weighted by atomic mass is 16.2. The summed E-state index contributed by atoms with van der Waals surface area (Å²) >= 11 is 0. The Morgan fingerprint density at radius 1 is 1.07 bits per heavy atom. The Hall–Kier alpha value is -3.08. The smallest absolute Gasteiger partial charge is 0.243 e. The number of aryl methyl sites for hydroxylation is 2. The van der Waals surface area contributed by atoms with E-state index >= 15 is 0 Å². The van der Waals surface area contributed by atoms with Gasteiger partial charge in [-0.1, -0.05) is 36.4 Å². The van der Waals surface area contributed by atoms with Crippen molar-refractivity contribution in [3.05, 3.63) is 71.5 Å². The van der Waals surface area contributed by atoms with Crippen LogP contribution in [0.1, 0.15) is 23.4 Å². The number of fused-ring (bicyclic) bond motifs is 1. The maximum Gasteiger partial charge on any atom is 0.243 e. The summed E-state index contributed by atoms with van der Waals surface area (Å²) in [5, 5.41) is 7.69. The standard InChI is InChI=1S/C22H24N4O/c1-16-22(17(2)26(24-16)19-11-4-3-5-12-19)23-21(27)15-25-14-8-10-18-9-6-7-13-20(18)25/h3-7,9,11-13H,8,10,14-15H2,1-2H3,(H,23,27). The second-order valence-electron chi connectivity index (χ2n) is 7.00. The SMILES string of the molecule is Cc1nn(-c2ccccc2)c(C)c1NC(=O)CN1CCCc2ccccc21. The lowest BCUT2D eigenvalue weighted by molar-refractivity contribution is -0.115. The minimum absolute atomic E-state index is 0.00878. The zero-order chi connectivity index (χ0) is 18.8. The molecule has 1 aromatic heterocycles. The number of benzene rings is 2. The van der Waals surface area contributed by atoms with Crippen LogP contribution in [0.15, 0.2) is 54.6 Å². The van der Waals surface area contributed by atoms with Gasteiger partial charge in [0, 0.05) is 12.2 Å². The molecule has 0 saturated carbocycles. The Kier molecular flexibility index (Phi) is 4.67. The molecule has 2 heterocycles. The van der Waals surface area contributed by atoms with Crippen LogP contribution in [0.2, 0.25) is 0 Å². The Morgan fingerprint density at radius 3 is 2.63 bits per heavy atom. The number of amides is 1. The zero-order valence-corrected chi connectivity index (χ0v) is 15.8. The van der Waals surface area contributed by atoms with E-state index in [4.69, 9.17) is 0 Å². The van der Waals surface area contributed by atoms with E-state index in [2.05, 4.69) is 33.5 Å². The van der Waals surface area contributed by atoms with Crippen molar-refractivity contribution in [1.29, 1.82) is 0 Å². The van der Waals surface area contributed by atoms with Crippen molar-refractivity contribution in [2.24, 2.45) is 0 Å². The van der Waals surface area contributed by atoms with E-state index in [-0.39, 0.29) is 5.91 Å². The van der Waals surface area contributed by atoms with Crippen LogP contribution in [-0.4, -0.2) is 28.8 Å². The molecule has 1 aliphatic heterocycles. The van der Waals surface area contributed by atoms with Crippen LogP contribution in [0.5, 0.6) is 0 Å². The van der Waals surface area contributed by atoms with Gasteiger partial charge in [-0.3, -0.25) is 4.79 Å². The molecular formula is C22H24N4O. The van der Waals surface area contributed by atoms with Crippen molar-refractivity contribution < 1.29 is 4.79 Å². The molecule has 1 N–H and O–H groups in total. The van der Waals surface area contributed by atoms with Crippen LogP contribution in [0.3, 0.4) is 0 Å². The van der Waals surface area contributed by atoms with Gasteiger partial charge in [-0.05, 0) is 50.5 Å². The summed E-state index contributed by atoms with van der Waals surface area (Å²) in [5.41, 5.74) is 6.04. The Balaban J connectivity index is 1.52. The van der Waals surface area contributed by atoms with E-state index in [1.54, 1.807) is 0 Å². The molecule has 0 spiro atoms.